The van der Waals surface area contributed by atoms with Gasteiger partial charge in [0.05, 0.1) is 17.4 Å². The van der Waals surface area contributed by atoms with Crippen LogP contribution < -0.4 is 10.9 Å². The van der Waals surface area contributed by atoms with E-state index in [9.17, 15) is 9.59 Å². The molecule has 3 heterocycles. The summed E-state index contributed by atoms with van der Waals surface area (Å²) >= 11 is 2.85. The smallest absolute Gasteiger partial charge is 0.263 e. The van der Waals surface area contributed by atoms with Gasteiger partial charge in [-0.3, -0.25) is 14.2 Å². The first kappa shape index (κ1) is 23.1. The molecular weight excluding hydrogens is 476 g/mol. The number of hydrogen-bond donors (Lipinski definition) is 1. The van der Waals surface area contributed by atoms with Gasteiger partial charge in [-0.25, -0.2) is 9.97 Å². The summed E-state index contributed by atoms with van der Waals surface area (Å²) in [5, 5.41) is 5.80. The molecule has 8 heteroatoms. The number of rotatable bonds is 5. The van der Waals surface area contributed by atoms with Crippen LogP contribution in [0.15, 0.2) is 65.0 Å². The number of thiazole rings is 1. The van der Waals surface area contributed by atoms with Gasteiger partial charge in [0.2, 0.25) is 5.91 Å². The summed E-state index contributed by atoms with van der Waals surface area (Å²) in [4.78, 5) is 37.4. The number of aromatic nitrogens is 3. The zero-order valence-corrected chi connectivity index (χ0v) is 21.5. The van der Waals surface area contributed by atoms with E-state index in [0.29, 0.717) is 15.3 Å². The van der Waals surface area contributed by atoms with Gasteiger partial charge >= 0.3 is 0 Å². The standard InChI is InChI=1S/C27H24N4O2S2/c1-15-10-11-20(12-16(15)2)22-18(4)35-25-23(22)26(33)31(14-28-25)17(3)24(32)30-27-29-21(13-34-27)19-8-6-5-7-9-19/h5-14,17H,1-4H3,(H,29,30,32). The molecule has 5 rings (SSSR count). The molecule has 0 saturated carbocycles. The van der Waals surface area contributed by atoms with Crippen LogP contribution in [0.3, 0.4) is 0 Å². The van der Waals surface area contributed by atoms with Crippen LogP contribution in [0.1, 0.15) is 29.0 Å². The lowest BCUT2D eigenvalue weighted by Gasteiger charge is -2.14. The molecule has 0 saturated heterocycles. The quantitative estimate of drug-likeness (QED) is 0.304. The minimum Gasteiger partial charge on any atom is -0.300 e. The molecule has 176 valence electrons. The summed E-state index contributed by atoms with van der Waals surface area (Å²) in [6.07, 6.45) is 1.46. The van der Waals surface area contributed by atoms with Crippen molar-refractivity contribution in [2.75, 3.05) is 5.32 Å². The molecule has 0 spiro atoms. The van der Waals surface area contributed by atoms with Gasteiger partial charge in [-0.1, -0.05) is 48.5 Å². The van der Waals surface area contributed by atoms with E-state index in [4.69, 9.17) is 0 Å². The Morgan fingerprint density at radius 3 is 2.54 bits per heavy atom. The molecule has 1 unspecified atom stereocenters. The monoisotopic (exact) mass is 500 g/mol. The van der Waals surface area contributed by atoms with E-state index in [1.807, 2.05) is 48.7 Å². The van der Waals surface area contributed by atoms with Gasteiger partial charge in [-0.15, -0.1) is 22.7 Å². The lowest BCUT2D eigenvalue weighted by Crippen LogP contribution is -2.31. The number of aryl methyl sites for hydroxylation is 3. The van der Waals surface area contributed by atoms with Crippen LogP contribution in [0.4, 0.5) is 5.13 Å². The third kappa shape index (κ3) is 4.31. The van der Waals surface area contributed by atoms with Gasteiger partial charge in [0.25, 0.3) is 5.56 Å². The molecular formula is C27H24N4O2S2. The number of nitrogens with one attached hydrogen (secondary N) is 1. The Bertz CT molecular complexity index is 1620. The molecule has 0 aliphatic carbocycles. The van der Waals surface area contributed by atoms with Crippen LogP contribution in [0, 0.1) is 20.8 Å². The van der Waals surface area contributed by atoms with Crippen molar-refractivity contribution >= 4 is 43.9 Å². The van der Waals surface area contributed by atoms with Gasteiger partial charge in [0.1, 0.15) is 10.9 Å². The highest BCUT2D eigenvalue weighted by atomic mass is 32.1. The van der Waals surface area contributed by atoms with Gasteiger partial charge in [0, 0.05) is 21.4 Å². The Balaban J connectivity index is 1.47. The van der Waals surface area contributed by atoms with E-state index in [2.05, 4.69) is 41.3 Å². The minimum absolute atomic E-state index is 0.223. The van der Waals surface area contributed by atoms with Crippen molar-refractivity contribution in [3.8, 4) is 22.4 Å². The maximum absolute atomic E-state index is 13.6. The maximum atomic E-state index is 13.6. The Kier molecular flexibility index (Phi) is 6.08. The fraction of sp³-hybridized carbons (Fsp3) is 0.185. The number of benzene rings is 2. The van der Waals surface area contributed by atoms with Crippen LogP contribution in [0.2, 0.25) is 0 Å². The molecule has 1 atom stereocenters. The number of anilines is 1. The lowest BCUT2D eigenvalue weighted by atomic mass is 9.99. The van der Waals surface area contributed by atoms with Gasteiger partial charge in [-0.05, 0) is 44.4 Å². The second-order valence-electron chi connectivity index (χ2n) is 8.54. The largest absolute Gasteiger partial charge is 0.300 e. The van der Waals surface area contributed by atoms with Crippen LogP contribution in [-0.4, -0.2) is 20.4 Å². The van der Waals surface area contributed by atoms with E-state index in [1.54, 1.807) is 6.92 Å². The second-order valence-corrected chi connectivity index (χ2v) is 10.6. The Morgan fingerprint density at radius 1 is 1.03 bits per heavy atom. The number of amides is 1. The minimum atomic E-state index is -0.753. The van der Waals surface area contributed by atoms with Crippen molar-refractivity contribution < 1.29 is 4.79 Å². The fourth-order valence-corrected chi connectivity index (χ4v) is 5.77. The van der Waals surface area contributed by atoms with E-state index < -0.39 is 6.04 Å². The number of carbonyl (C=O) groups is 1. The fourth-order valence-electron chi connectivity index (χ4n) is 4.04. The molecule has 0 aliphatic rings. The zero-order chi connectivity index (χ0) is 24.7. The highest BCUT2D eigenvalue weighted by Gasteiger charge is 2.23. The molecule has 2 aromatic carbocycles. The van der Waals surface area contributed by atoms with Crippen molar-refractivity contribution in [3.05, 3.63) is 86.6 Å². The first-order valence-electron chi connectivity index (χ1n) is 11.2. The molecule has 5 aromatic rings. The lowest BCUT2D eigenvalue weighted by molar-refractivity contribution is -0.118. The van der Waals surface area contributed by atoms with Gasteiger partial charge in [0.15, 0.2) is 5.13 Å². The maximum Gasteiger partial charge on any atom is 0.263 e. The normalized spacial score (nSPS) is 12.1. The molecule has 0 bridgehead atoms. The SMILES string of the molecule is Cc1ccc(-c2c(C)sc3ncn(C(C)C(=O)Nc4nc(-c5ccccc5)cs4)c(=O)c23)cc1C. The van der Waals surface area contributed by atoms with Gasteiger partial charge < -0.3 is 5.32 Å². The molecule has 0 radical (unpaired) electrons. The van der Waals surface area contributed by atoms with E-state index >= 15 is 0 Å². The number of thiophene rings is 1. The number of hydrogen-bond acceptors (Lipinski definition) is 6. The van der Waals surface area contributed by atoms with Crippen LogP contribution >= 0.6 is 22.7 Å². The summed E-state index contributed by atoms with van der Waals surface area (Å²) in [6, 6.07) is 15.2. The molecule has 1 N–H and O–H groups in total. The van der Waals surface area contributed by atoms with Crippen molar-refractivity contribution in [2.24, 2.45) is 0 Å². The third-order valence-corrected chi connectivity index (χ3v) is 7.98. The predicted molar refractivity (Wildman–Crippen MR) is 144 cm³/mol. The van der Waals surface area contributed by atoms with Crippen molar-refractivity contribution in [1.29, 1.82) is 0 Å². The van der Waals surface area contributed by atoms with Crippen LogP contribution in [0.25, 0.3) is 32.6 Å². The summed E-state index contributed by atoms with van der Waals surface area (Å²) in [5.41, 5.74) is 5.79. The highest BCUT2D eigenvalue weighted by molar-refractivity contribution is 7.19. The van der Waals surface area contributed by atoms with Crippen molar-refractivity contribution in [2.45, 2.75) is 33.7 Å². The summed E-state index contributed by atoms with van der Waals surface area (Å²) < 4.78 is 1.40. The zero-order valence-electron chi connectivity index (χ0n) is 19.8. The Hall–Kier alpha value is -3.62. The number of nitrogens with zero attached hydrogens (tertiary/aromatic N) is 3. The Morgan fingerprint density at radius 2 is 1.80 bits per heavy atom. The summed E-state index contributed by atoms with van der Waals surface area (Å²) in [7, 11) is 0. The highest BCUT2D eigenvalue weighted by Crippen LogP contribution is 2.36. The topological polar surface area (TPSA) is 76.9 Å². The molecule has 1 amide bonds. The van der Waals surface area contributed by atoms with Crippen LogP contribution in [0.5, 0.6) is 0 Å². The number of fused-ring (bicyclic) bond motifs is 1. The predicted octanol–water partition coefficient (Wildman–Crippen LogP) is 6.37. The first-order chi connectivity index (χ1) is 16.8. The van der Waals surface area contributed by atoms with E-state index in [1.165, 1.54) is 39.1 Å². The van der Waals surface area contributed by atoms with Crippen molar-refractivity contribution in [1.82, 2.24) is 14.5 Å². The molecule has 6 nitrogen and oxygen atoms in total. The second kappa shape index (κ2) is 9.20. The summed E-state index contributed by atoms with van der Waals surface area (Å²) in [6.45, 7) is 7.83. The molecule has 35 heavy (non-hydrogen) atoms. The van der Waals surface area contributed by atoms with E-state index in [0.717, 1.165) is 32.8 Å². The average molecular weight is 501 g/mol. The van der Waals surface area contributed by atoms with Crippen LogP contribution in [-0.2, 0) is 4.79 Å². The Labute approximate surface area is 210 Å². The van der Waals surface area contributed by atoms with Crippen molar-refractivity contribution in [3.63, 3.8) is 0 Å². The summed E-state index contributed by atoms with van der Waals surface area (Å²) in [5.74, 6) is -0.318. The number of carbonyl (C=O) groups excluding carboxylic acids is 1. The third-order valence-electron chi connectivity index (χ3n) is 6.21. The molecule has 3 aromatic heterocycles. The molecule has 0 aliphatic heterocycles. The first-order valence-corrected chi connectivity index (χ1v) is 12.9. The molecule has 0 fully saturated rings. The van der Waals surface area contributed by atoms with Gasteiger partial charge in [-0.2, -0.15) is 0 Å². The average Bonchev–Trinajstić information content (AvgIpc) is 3.45. The van der Waals surface area contributed by atoms with E-state index in [-0.39, 0.29) is 11.5 Å².